The molecule has 32 heavy (non-hydrogen) atoms. The summed E-state index contributed by atoms with van der Waals surface area (Å²) in [5.41, 5.74) is 4.27. The van der Waals surface area contributed by atoms with Gasteiger partial charge in [0.25, 0.3) is 0 Å². The molecule has 1 aromatic carbocycles. The van der Waals surface area contributed by atoms with E-state index in [1.54, 1.807) is 4.90 Å². The SMILES string of the molecule is NC1C2CCC1CN(c1nc3c(cc1F)c(=O)c(C(=O)O)cn3-c1ccc(F)cc1F)C2. The predicted octanol–water partition coefficient (Wildman–Crippen LogP) is 2.67. The first kappa shape index (κ1) is 20.5. The Kier molecular flexibility index (Phi) is 4.70. The molecular formula is C22H19F3N4O3. The number of anilines is 1. The van der Waals surface area contributed by atoms with E-state index < -0.39 is 34.4 Å². The molecule has 3 aromatic rings. The molecule has 0 radical (unpaired) electrons. The highest BCUT2D eigenvalue weighted by Crippen LogP contribution is 2.38. The number of hydrogen-bond acceptors (Lipinski definition) is 5. The van der Waals surface area contributed by atoms with Gasteiger partial charge in [0, 0.05) is 31.4 Å². The van der Waals surface area contributed by atoms with Gasteiger partial charge >= 0.3 is 5.97 Å². The summed E-state index contributed by atoms with van der Waals surface area (Å²) in [6.07, 6.45) is 2.80. The molecule has 2 aliphatic rings. The standard InChI is InChI=1S/C22H19F3N4O3/c23-12-3-4-17(15(24)5-12)29-9-14(22(31)32)19(30)13-6-16(25)21(27-20(13)29)28-7-10-1-2-11(8-28)18(10)26/h3-6,9-11,18H,1-2,7-8,26H2,(H,31,32). The number of rotatable bonds is 3. The Morgan fingerprint density at radius 3 is 2.41 bits per heavy atom. The van der Waals surface area contributed by atoms with Crippen molar-refractivity contribution in [3.63, 3.8) is 0 Å². The molecule has 7 nitrogen and oxygen atoms in total. The molecule has 1 aliphatic heterocycles. The van der Waals surface area contributed by atoms with Crippen LogP contribution in [-0.4, -0.2) is 39.8 Å². The zero-order valence-electron chi connectivity index (χ0n) is 16.8. The lowest BCUT2D eigenvalue weighted by Gasteiger charge is -2.37. The maximum absolute atomic E-state index is 15.1. The van der Waals surface area contributed by atoms with Crippen molar-refractivity contribution in [3.8, 4) is 5.69 Å². The van der Waals surface area contributed by atoms with E-state index in [0.29, 0.717) is 19.2 Å². The second kappa shape index (κ2) is 7.33. The third-order valence-electron chi connectivity index (χ3n) is 6.52. The average molecular weight is 444 g/mol. The number of aromatic nitrogens is 2. The number of piperidine rings is 1. The van der Waals surface area contributed by atoms with Crippen LogP contribution < -0.4 is 16.1 Å². The number of benzene rings is 1. The average Bonchev–Trinajstić information content (AvgIpc) is 2.95. The van der Waals surface area contributed by atoms with Crippen LogP contribution in [0.1, 0.15) is 23.2 Å². The minimum absolute atomic E-state index is 0.0138. The van der Waals surface area contributed by atoms with E-state index >= 15 is 4.39 Å². The summed E-state index contributed by atoms with van der Waals surface area (Å²) in [4.78, 5) is 30.4. The monoisotopic (exact) mass is 444 g/mol. The summed E-state index contributed by atoms with van der Waals surface area (Å²) in [5.74, 6) is -3.78. The van der Waals surface area contributed by atoms with Crippen molar-refractivity contribution in [2.75, 3.05) is 18.0 Å². The second-order valence-corrected chi connectivity index (χ2v) is 8.39. The van der Waals surface area contributed by atoms with Crippen molar-refractivity contribution < 1.29 is 23.1 Å². The van der Waals surface area contributed by atoms with Gasteiger partial charge in [-0.3, -0.25) is 9.36 Å². The van der Waals surface area contributed by atoms with Gasteiger partial charge in [0.15, 0.2) is 17.3 Å². The molecule has 2 bridgehead atoms. The Bertz CT molecular complexity index is 1310. The van der Waals surface area contributed by atoms with Crippen LogP contribution >= 0.6 is 0 Å². The fourth-order valence-corrected chi connectivity index (χ4v) is 4.89. The highest BCUT2D eigenvalue weighted by Gasteiger charge is 2.41. The number of carbonyl (C=O) groups is 1. The largest absolute Gasteiger partial charge is 0.477 e. The molecule has 166 valence electrons. The minimum Gasteiger partial charge on any atom is -0.477 e. The van der Waals surface area contributed by atoms with E-state index in [-0.39, 0.29) is 40.4 Å². The molecule has 2 fully saturated rings. The minimum atomic E-state index is -1.56. The number of aromatic carboxylic acids is 1. The zero-order valence-corrected chi connectivity index (χ0v) is 16.8. The number of hydrogen-bond donors (Lipinski definition) is 2. The van der Waals surface area contributed by atoms with Crippen LogP contribution in [0.3, 0.4) is 0 Å². The smallest absolute Gasteiger partial charge is 0.341 e. The van der Waals surface area contributed by atoms with Crippen LogP contribution in [0.25, 0.3) is 16.7 Å². The number of pyridine rings is 2. The Balaban J connectivity index is 1.75. The molecular weight excluding hydrogens is 425 g/mol. The van der Waals surface area contributed by atoms with Crippen LogP contribution in [-0.2, 0) is 0 Å². The highest BCUT2D eigenvalue weighted by atomic mass is 19.1. The van der Waals surface area contributed by atoms with Crippen LogP contribution in [0.2, 0.25) is 0 Å². The highest BCUT2D eigenvalue weighted by molar-refractivity contribution is 5.92. The number of nitrogens with zero attached hydrogens (tertiary/aromatic N) is 3. The number of carboxylic acids is 1. The maximum Gasteiger partial charge on any atom is 0.341 e. The molecule has 2 atom stereocenters. The van der Waals surface area contributed by atoms with Gasteiger partial charge in [0.1, 0.15) is 17.2 Å². The van der Waals surface area contributed by atoms with E-state index in [2.05, 4.69) is 4.98 Å². The first-order chi connectivity index (χ1) is 15.2. The summed E-state index contributed by atoms with van der Waals surface area (Å²) in [6.45, 7) is 0.991. The molecule has 3 N–H and O–H groups in total. The molecule has 0 amide bonds. The van der Waals surface area contributed by atoms with E-state index in [9.17, 15) is 23.5 Å². The van der Waals surface area contributed by atoms with Gasteiger partial charge in [0.2, 0.25) is 5.43 Å². The first-order valence-electron chi connectivity index (χ1n) is 10.2. The van der Waals surface area contributed by atoms with Crippen molar-refractivity contribution in [2.45, 2.75) is 18.9 Å². The number of nitrogens with two attached hydrogens (primary N) is 1. The van der Waals surface area contributed by atoms with Gasteiger partial charge in [-0.2, -0.15) is 0 Å². The molecule has 10 heteroatoms. The van der Waals surface area contributed by atoms with Gasteiger partial charge in [0.05, 0.1) is 11.1 Å². The maximum atomic E-state index is 15.1. The first-order valence-corrected chi connectivity index (χ1v) is 10.2. The van der Waals surface area contributed by atoms with Crippen LogP contribution in [0, 0.1) is 29.3 Å². The van der Waals surface area contributed by atoms with Crippen molar-refractivity contribution in [1.82, 2.24) is 9.55 Å². The van der Waals surface area contributed by atoms with Crippen molar-refractivity contribution in [2.24, 2.45) is 17.6 Å². The summed E-state index contributed by atoms with van der Waals surface area (Å²) in [7, 11) is 0. The lowest BCUT2D eigenvalue weighted by atomic mass is 9.93. The summed E-state index contributed by atoms with van der Waals surface area (Å²) >= 11 is 0. The van der Waals surface area contributed by atoms with E-state index in [4.69, 9.17) is 5.73 Å². The number of halogens is 3. The van der Waals surface area contributed by atoms with Crippen molar-refractivity contribution in [1.29, 1.82) is 0 Å². The molecule has 1 saturated heterocycles. The molecule has 3 heterocycles. The Morgan fingerprint density at radius 1 is 1.09 bits per heavy atom. The van der Waals surface area contributed by atoms with Crippen LogP contribution in [0.5, 0.6) is 0 Å². The third-order valence-corrected chi connectivity index (χ3v) is 6.52. The van der Waals surface area contributed by atoms with Gasteiger partial charge in [-0.05, 0) is 42.9 Å². The Hall–Kier alpha value is -3.40. The topological polar surface area (TPSA) is 101 Å². The fraction of sp³-hybridized carbons (Fsp3) is 0.318. The van der Waals surface area contributed by atoms with E-state index in [0.717, 1.165) is 41.8 Å². The van der Waals surface area contributed by atoms with Crippen LogP contribution in [0.15, 0.2) is 35.3 Å². The number of carboxylic acid groups (broad SMARTS) is 1. The Morgan fingerprint density at radius 2 is 1.78 bits per heavy atom. The van der Waals surface area contributed by atoms with Gasteiger partial charge in [-0.25, -0.2) is 22.9 Å². The van der Waals surface area contributed by atoms with E-state index in [1.807, 2.05) is 0 Å². The third kappa shape index (κ3) is 3.13. The quantitative estimate of drug-likeness (QED) is 0.644. The summed E-state index contributed by atoms with van der Waals surface area (Å²) in [6, 6.07) is 3.70. The summed E-state index contributed by atoms with van der Waals surface area (Å²) in [5, 5.41) is 9.11. The summed E-state index contributed by atoms with van der Waals surface area (Å²) < 4.78 is 44.2. The fourth-order valence-electron chi connectivity index (χ4n) is 4.89. The Labute approximate surface area is 179 Å². The van der Waals surface area contributed by atoms with Gasteiger partial charge in [-0.15, -0.1) is 0 Å². The predicted molar refractivity (Wildman–Crippen MR) is 111 cm³/mol. The number of fused-ring (bicyclic) bond motifs is 3. The molecule has 1 aliphatic carbocycles. The molecule has 2 unspecified atom stereocenters. The van der Waals surface area contributed by atoms with Crippen LogP contribution in [0.4, 0.5) is 19.0 Å². The van der Waals surface area contributed by atoms with E-state index in [1.165, 1.54) is 0 Å². The van der Waals surface area contributed by atoms with Gasteiger partial charge < -0.3 is 15.7 Å². The second-order valence-electron chi connectivity index (χ2n) is 8.39. The van der Waals surface area contributed by atoms with Gasteiger partial charge in [-0.1, -0.05) is 0 Å². The van der Waals surface area contributed by atoms with Crippen molar-refractivity contribution in [3.05, 3.63) is 63.7 Å². The normalized spacial score (nSPS) is 22.5. The van der Waals surface area contributed by atoms with Crippen molar-refractivity contribution >= 4 is 22.8 Å². The lowest BCUT2D eigenvalue weighted by molar-refractivity contribution is 0.0695. The zero-order chi connectivity index (χ0) is 22.7. The molecule has 5 rings (SSSR count). The molecule has 1 saturated carbocycles. The molecule has 2 aromatic heterocycles. The molecule has 0 spiro atoms. The lowest BCUT2D eigenvalue weighted by Crippen LogP contribution is -2.49.